The van der Waals surface area contributed by atoms with E-state index in [0.717, 1.165) is 77.4 Å². The fraction of sp³-hybridized carbons (Fsp3) is 0.619. The molecule has 166 valence electrons. The zero-order chi connectivity index (χ0) is 21.2. The Balaban J connectivity index is 1.24. The van der Waals surface area contributed by atoms with E-state index in [1.807, 2.05) is 18.3 Å². The summed E-state index contributed by atoms with van der Waals surface area (Å²) in [6, 6.07) is 4.10. The second kappa shape index (κ2) is 8.80. The number of piperidine rings is 1. The average molecular weight is 427 g/mol. The molecule has 2 N–H and O–H groups in total. The summed E-state index contributed by atoms with van der Waals surface area (Å²) in [6.45, 7) is 5.68. The first-order valence-corrected chi connectivity index (χ1v) is 11.2. The summed E-state index contributed by atoms with van der Waals surface area (Å²) in [4.78, 5) is 28.7. The second-order valence-corrected chi connectivity index (χ2v) is 8.45. The molecule has 10 nitrogen and oxygen atoms in total. The Morgan fingerprint density at radius 2 is 1.77 bits per heavy atom. The van der Waals surface area contributed by atoms with Crippen molar-refractivity contribution in [2.75, 3.05) is 56.6 Å². The molecule has 1 atom stereocenters. The van der Waals surface area contributed by atoms with Crippen LogP contribution in [0.25, 0.3) is 5.82 Å². The molecule has 0 aliphatic carbocycles. The number of carbonyl (C=O) groups is 1. The van der Waals surface area contributed by atoms with E-state index in [-0.39, 0.29) is 12.0 Å². The van der Waals surface area contributed by atoms with E-state index in [1.165, 1.54) is 0 Å². The summed E-state index contributed by atoms with van der Waals surface area (Å²) < 4.78 is 7.17. The molecule has 0 radical (unpaired) electrons. The van der Waals surface area contributed by atoms with Crippen LogP contribution in [0, 0.1) is 0 Å². The number of carbonyl (C=O) groups excluding carboxylic acids is 1. The molecule has 0 spiro atoms. The van der Waals surface area contributed by atoms with Gasteiger partial charge in [0.25, 0.3) is 0 Å². The lowest BCUT2D eigenvalue weighted by Gasteiger charge is -2.45. The van der Waals surface area contributed by atoms with Gasteiger partial charge in [0.05, 0.1) is 6.04 Å². The van der Waals surface area contributed by atoms with E-state index in [4.69, 9.17) is 10.5 Å². The number of piperazine rings is 1. The minimum absolute atomic E-state index is 0.00570. The Morgan fingerprint density at radius 3 is 2.52 bits per heavy atom. The van der Waals surface area contributed by atoms with Crippen LogP contribution in [0.5, 0.6) is 0 Å². The lowest BCUT2D eigenvalue weighted by atomic mass is 9.97. The molecule has 2 aromatic heterocycles. The highest BCUT2D eigenvalue weighted by atomic mass is 16.5. The van der Waals surface area contributed by atoms with Crippen molar-refractivity contribution in [3.05, 3.63) is 24.5 Å². The highest BCUT2D eigenvalue weighted by molar-refractivity contribution is 5.83. The van der Waals surface area contributed by atoms with Crippen LogP contribution in [-0.2, 0) is 9.53 Å². The monoisotopic (exact) mass is 426 g/mol. The summed E-state index contributed by atoms with van der Waals surface area (Å²) in [5, 5.41) is 4.24. The minimum Gasteiger partial charge on any atom is -0.381 e. The Labute approximate surface area is 182 Å². The Morgan fingerprint density at radius 1 is 1.00 bits per heavy atom. The smallest absolute Gasteiger partial charge is 0.240 e. The van der Waals surface area contributed by atoms with Gasteiger partial charge in [-0.1, -0.05) is 0 Å². The summed E-state index contributed by atoms with van der Waals surface area (Å²) >= 11 is 0. The van der Waals surface area contributed by atoms with Gasteiger partial charge in [0.1, 0.15) is 5.82 Å². The van der Waals surface area contributed by atoms with E-state index in [1.54, 1.807) is 10.9 Å². The van der Waals surface area contributed by atoms with Gasteiger partial charge in [0.2, 0.25) is 11.9 Å². The van der Waals surface area contributed by atoms with Crippen LogP contribution in [-0.4, -0.2) is 93.5 Å². The molecule has 31 heavy (non-hydrogen) atoms. The number of rotatable bonds is 4. The predicted molar refractivity (Wildman–Crippen MR) is 116 cm³/mol. The van der Waals surface area contributed by atoms with Crippen molar-refractivity contribution in [2.45, 2.75) is 37.8 Å². The van der Waals surface area contributed by atoms with Crippen molar-refractivity contribution in [3.8, 4) is 5.82 Å². The van der Waals surface area contributed by atoms with Crippen LogP contribution in [0.1, 0.15) is 25.7 Å². The highest BCUT2D eigenvalue weighted by Crippen LogP contribution is 2.25. The van der Waals surface area contributed by atoms with E-state index >= 15 is 0 Å². The normalized spacial score (nSPS) is 24.0. The molecule has 5 rings (SSSR count). The van der Waals surface area contributed by atoms with Gasteiger partial charge >= 0.3 is 0 Å². The molecule has 3 aliphatic rings. The topological polar surface area (TPSA) is 106 Å². The molecule has 3 aliphatic heterocycles. The van der Waals surface area contributed by atoms with Crippen molar-refractivity contribution in [1.82, 2.24) is 29.5 Å². The van der Waals surface area contributed by atoms with Gasteiger partial charge in [-0.15, -0.1) is 0 Å². The van der Waals surface area contributed by atoms with Crippen molar-refractivity contribution >= 4 is 17.7 Å². The van der Waals surface area contributed by atoms with Crippen LogP contribution in [0.4, 0.5) is 11.8 Å². The van der Waals surface area contributed by atoms with Crippen LogP contribution >= 0.6 is 0 Å². The van der Waals surface area contributed by atoms with Gasteiger partial charge in [-0.2, -0.15) is 15.1 Å². The zero-order valence-corrected chi connectivity index (χ0v) is 17.8. The third-order valence-corrected chi connectivity index (χ3v) is 6.61. The number of ether oxygens (including phenoxy) is 1. The van der Waals surface area contributed by atoms with Gasteiger partial charge < -0.3 is 20.3 Å². The fourth-order valence-corrected chi connectivity index (χ4v) is 4.96. The van der Waals surface area contributed by atoms with Crippen LogP contribution < -0.4 is 10.6 Å². The highest BCUT2D eigenvalue weighted by Gasteiger charge is 2.38. The van der Waals surface area contributed by atoms with Crippen molar-refractivity contribution < 1.29 is 9.53 Å². The first-order valence-electron chi connectivity index (χ1n) is 11.2. The number of nitrogens with two attached hydrogens (primary N) is 1. The number of aromatic nitrogens is 4. The molecule has 1 unspecified atom stereocenters. The van der Waals surface area contributed by atoms with Crippen LogP contribution in [0.2, 0.25) is 0 Å². The molecular formula is C21H30N8O2. The molecule has 3 saturated heterocycles. The first kappa shape index (κ1) is 20.2. The minimum atomic E-state index is -0.00570. The Kier molecular flexibility index (Phi) is 5.73. The third-order valence-electron chi connectivity index (χ3n) is 6.61. The molecular weight excluding hydrogens is 396 g/mol. The third kappa shape index (κ3) is 4.22. The maximum absolute atomic E-state index is 13.3. The number of nitrogen functional groups attached to an aromatic ring is 1. The average Bonchev–Trinajstić information content (AvgIpc) is 3.35. The molecule has 0 saturated carbocycles. The van der Waals surface area contributed by atoms with E-state index < -0.39 is 0 Å². The van der Waals surface area contributed by atoms with Crippen LogP contribution in [0.3, 0.4) is 0 Å². The number of hydrogen-bond donors (Lipinski definition) is 1. The number of amides is 1. The molecule has 5 heterocycles. The standard InChI is InChI=1S/C21H30N8O2/c22-21-24-18(15-19(25-21)29-8-2-6-23-29)27-11-9-26(10-12-27)17-3-1-7-28(20(17)30)16-4-13-31-14-5-16/h2,6,8,15-17H,1,3-5,7,9-14H2,(H2,22,24,25). The second-order valence-electron chi connectivity index (χ2n) is 8.45. The molecule has 0 aromatic carbocycles. The lowest BCUT2D eigenvalue weighted by molar-refractivity contribution is -0.145. The molecule has 3 fully saturated rings. The van der Waals surface area contributed by atoms with Crippen LogP contribution in [0.15, 0.2) is 24.5 Å². The van der Waals surface area contributed by atoms with Crippen molar-refractivity contribution in [1.29, 1.82) is 0 Å². The SMILES string of the molecule is Nc1nc(N2CCN(C3CCCN(C4CCOCC4)C3=O)CC2)cc(-n2cccn2)n1. The van der Waals surface area contributed by atoms with Gasteiger partial charge in [-0.3, -0.25) is 9.69 Å². The quantitative estimate of drug-likeness (QED) is 0.755. The molecule has 2 aromatic rings. The molecule has 0 bridgehead atoms. The van der Waals surface area contributed by atoms with Crippen molar-refractivity contribution in [2.24, 2.45) is 0 Å². The maximum Gasteiger partial charge on any atom is 0.240 e. The first-order chi connectivity index (χ1) is 15.2. The Bertz CT molecular complexity index is 891. The fourth-order valence-electron chi connectivity index (χ4n) is 4.96. The van der Waals surface area contributed by atoms with E-state index in [2.05, 4.69) is 29.8 Å². The predicted octanol–water partition coefficient (Wildman–Crippen LogP) is 0.537. The maximum atomic E-state index is 13.3. The van der Waals surface area contributed by atoms with Gasteiger partial charge in [-0.05, 0) is 31.7 Å². The van der Waals surface area contributed by atoms with E-state index in [0.29, 0.717) is 17.8 Å². The summed E-state index contributed by atoms with van der Waals surface area (Å²) in [5.74, 6) is 2.00. The zero-order valence-electron chi connectivity index (χ0n) is 17.8. The van der Waals surface area contributed by atoms with Gasteiger partial charge in [-0.25, -0.2) is 4.68 Å². The number of anilines is 2. The number of likely N-dealkylation sites (tertiary alicyclic amines) is 1. The number of hydrogen-bond acceptors (Lipinski definition) is 8. The van der Waals surface area contributed by atoms with E-state index in [9.17, 15) is 4.79 Å². The summed E-state index contributed by atoms with van der Waals surface area (Å²) in [7, 11) is 0. The largest absolute Gasteiger partial charge is 0.381 e. The lowest BCUT2D eigenvalue weighted by Crippen LogP contribution is -2.59. The van der Waals surface area contributed by atoms with Gasteiger partial charge in [0.15, 0.2) is 5.82 Å². The summed E-state index contributed by atoms with van der Waals surface area (Å²) in [5.41, 5.74) is 5.96. The Hall–Kier alpha value is -2.72. The van der Waals surface area contributed by atoms with Gasteiger partial charge in [0, 0.05) is 70.4 Å². The summed E-state index contributed by atoms with van der Waals surface area (Å²) in [6.07, 6.45) is 7.48. The molecule has 1 amide bonds. The number of nitrogens with zero attached hydrogens (tertiary/aromatic N) is 7. The molecule has 10 heteroatoms. The van der Waals surface area contributed by atoms with Crippen molar-refractivity contribution in [3.63, 3.8) is 0 Å².